The summed E-state index contributed by atoms with van der Waals surface area (Å²) >= 11 is 0. The van der Waals surface area contributed by atoms with Gasteiger partial charge in [0.2, 0.25) is 0 Å². The van der Waals surface area contributed by atoms with Gasteiger partial charge in [-0.25, -0.2) is 9.78 Å². The first kappa shape index (κ1) is 26.9. The number of benzene rings is 1. The van der Waals surface area contributed by atoms with Gasteiger partial charge >= 0.3 is 18.3 Å². The summed E-state index contributed by atoms with van der Waals surface area (Å²) in [4.78, 5) is 13.1. The topological polar surface area (TPSA) is 104 Å². The minimum absolute atomic E-state index is 0.160. The Morgan fingerprint density at radius 1 is 1.12 bits per heavy atom. The quantitative estimate of drug-likeness (QED) is 0.418. The van der Waals surface area contributed by atoms with Crippen LogP contribution in [0.25, 0.3) is 11.3 Å². The van der Waals surface area contributed by atoms with E-state index in [4.69, 9.17) is 14.3 Å². The highest BCUT2D eigenvalue weighted by Gasteiger charge is 2.38. The number of H-pyrrole nitrogens is 1. The molecule has 0 fully saturated rings. The van der Waals surface area contributed by atoms with Crippen molar-refractivity contribution in [2.24, 2.45) is 0 Å². The molecule has 0 aliphatic heterocycles. The monoisotopic (exact) mass is 492 g/mol. The SMILES string of the molecule is CC(C)(C)c1ocnc1CNCc1cn[nH]c1-c1cccc(C(F)(F)F)c1.O=C(O)C(F)(F)F. The Morgan fingerprint density at radius 2 is 1.76 bits per heavy atom. The molecular formula is C21H22F6N4O3. The number of alkyl halides is 6. The lowest BCUT2D eigenvalue weighted by atomic mass is 9.92. The number of nitrogens with one attached hydrogen (secondary N) is 2. The van der Waals surface area contributed by atoms with E-state index < -0.39 is 23.9 Å². The van der Waals surface area contributed by atoms with Gasteiger partial charge in [0.25, 0.3) is 0 Å². The van der Waals surface area contributed by atoms with Crippen LogP contribution in [0.5, 0.6) is 0 Å². The smallest absolute Gasteiger partial charge is 0.475 e. The fourth-order valence-electron chi connectivity index (χ4n) is 2.87. The lowest BCUT2D eigenvalue weighted by Crippen LogP contribution is -2.21. The highest BCUT2D eigenvalue weighted by atomic mass is 19.4. The lowest BCUT2D eigenvalue weighted by molar-refractivity contribution is -0.192. The summed E-state index contributed by atoms with van der Waals surface area (Å²) in [6.45, 7) is 7.03. The summed E-state index contributed by atoms with van der Waals surface area (Å²) in [5, 5.41) is 17.1. The van der Waals surface area contributed by atoms with Gasteiger partial charge in [-0.1, -0.05) is 32.9 Å². The fraction of sp³-hybridized carbons (Fsp3) is 0.381. The summed E-state index contributed by atoms with van der Waals surface area (Å²) in [7, 11) is 0. The van der Waals surface area contributed by atoms with Crippen LogP contribution in [0.4, 0.5) is 26.3 Å². The zero-order valence-corrected chi connectivity index (χ0v) is 18.3. The Bertz CT molecular complexity index is 1100. The first-order valence-corrected chi connectivity index (χ1v) is 9.74. The van der Waals surface area contributed by atoms with E-state index in [0.29, 0.717) is 24.3 Å². The number of aliphatic carboxylic acids is 1. The lowest BCUT2D eigenvalue weighted by Gasteiger charge is -2.16. The molecular weight excluding hydrogens is 470 g/mol. The van der Waals surface area contributed by atoms with Crippen LogP contribution in [0.15, 0.2) is 41.3 Å². The Hall–Kier alpha value is -3.35. The number of aromatic amines is 1. The second kappa shape index (κ2) is 10.3. The largest absolute Gasteiger partial charge is 0.490 e. The Kier molecular flexibility index (Phi) is 8.14. The molecule has 0 amide bonds. The minimum Gasteiger partial charge on any atom is -0.475 e. The molecule has 2 aromatic heterocycles. The number of oxazole rings is 1. The number of carboxylic acid groups (broad SMARTS) is 1. The van der Waals surface area contributed by atoms with E-state index in [-0.39, 0.29) is 5.41 Å². The van der Waals surface area contributed by atoms with Crippen LogP contribution in [0.1, 0.15) is 43.4 Å². The molecule has 3 aromatic rings. The summed E-state index contributed by atoms with van der Waals surface area (Å²) in [5.41, 5.74) is 1.74. The maximum atomic E-state index is 12.9. The number of hydrogen-bond donors (Lipinski definition) is 3. The van der Waals surface area contributed by atoms with Crippen LogP contribution >= 0.6 is 0 Å². The molecule has 0 spiro atoms. The van der Waals surface area contributed by atoms with Gasteiger partial charge in [0, 0.05) is 29.6 Å². The normalized spacial score (nSPS) is 12.3. The minimum atomic E-state index is -5.08. The summed E-state index contributed by atoms with van der Waals surface area (Å²) in [6.07, 6.45) is -6.44. The van der Waals surface area contributed by atoms with Gasteiger partial charge in [-0.2, -0.15) is 31.4 Å². The van der Waals surface area contributed by atoms with E-state index in [0.717, 1.165) is 29.2 Å². The van der Waals surface area contributed by atoms with E-state index in [1.807, 2.05) is 20.8 Å². The van der Waals surface area contributed by atoms with E-state index in [2.05, 4.69) is 20.5 Å². The molecule has 0 bridgehead atoms. The molecule has 0 saturated carbocycles. The Morgan fingerprint density at radius 3 is 2.32 bits per heavy atom. The Balaban J connectivity index is 0.000000509. The molecule has 0 radical (unpaired) electrons. The predicted molar refractivity (Wildman–Crippen MR) is 108 cm³/mol. The van der Waals surface area contributed by atoms with Crippen molar-refractivity contribution in [3.63, 3.8) is 0 Å². The second-order valence-electron chi connectivity index (χ2n) is 8.13. The molecule has 0 aliphatic carbocycles. The van der Waals surface area contributed by atoms with Crippen molar-refractivity contribution < 1.29 is 40.7 Å². The third kappa shape index (κ3) is 7.33. The summed E-state index contributed by atoms with van der Waals surface area (Å²) < 4.78 is 76.1. The second-order valence-corrected chi connectivity index (χ2v) is 8.13. The van der Waals surface area contributed by atoms with Crippen molar-refractivity contribution in [3.05, 3.63) is 59.4 Å². The van der Waals surface area contributed by atoms with E-state index in [1.165, 1.54) is 12.5 Å². The number of rotatable bonds is 5. The van der Waals surface area contributed by atoms with E-state index in [1.54, 1.807) is 12.3 Å². The zero-order valence-electron chi connectivity index (χ0n) is 18.3. The number of halogens is 6. The molecule has 3 N–H and O–H groups in total. The van der Waals surface area contributed by atoms with Crippen molar-refractivity contribution in [2.45, 2.75) is 51.6 Å². The van der Waals surface area contributed by atoms with Crippen LogP contribution in [-0.2, 0) is 29.5 Å². The number of nitrogens with zero attached hydrogens (tertiary/aromatic N) is 2. The van der Waals surface area contributed by atoms with Crippen LogP contribution in [0.3, 0.4) is 0 Å². The maximum absolute atomic E-state index is 12.9. The molecule has 186 valence electrons. The Labute approximate surface area is 190 Å². The first-order chi connectivity index (χ1) is 15.6. The highest BCUT2D eigenvalue weighted by molar-refractivity contribution is 5.73. The summed E-state index contributed by atoms with van der Waals surface area (Å²) in [6, 6.07) is 5.19. The fourth-order valence-corrected chi connectivity index (χ4v) is 2.87. The van der Waals surface area contributed by atoms with Crippen LogP contribution in [-0.4, -0.2) is 32.4 Å². The maximum Gasteiger partial charge on any atom is 0.490 e. The average Bonchev–Trinajstić information content (AvgIpc) is 3.36. The molecule has 13 heteroatoms. The molecule has 0 saturated heterocycles. The molecule has 0 aliphatic rings. The van der Waals surface area contributed by atoms with Gasteiger partial charge in [0.15, 0.2) is 6.39 Å². The number of carbonyl (C=O) groups is 1. The number of hydrogen-bond acceptors (Lipinski definition) is 5. The van der Waals surface area contributed by atoms with Gasteiger partial charge in [0.1, 0.15) is 5.76 Å². The van der Waals surface area contributed by atoms with Gasteiger partial charge in [-0.05, 0) is 12.1 Å². The van der Waals surface area contributed by atoms with Crippen molar-refractivity contribution in [3.8, 4) is 11.3 Å². The van der Waals surface area contributed by atoms with Crippen molar-refractivity contribution >= 4 is 5.97 Å². The zero-order chi connectivity index (χ0) is 25.7. The molecule has 7 nitrogen and oxygen atoms in total. The molecule has 0 unspecified atom stereocenters. The van der Waals surface area contributed by atoms with Gasteiger partial charge in [0.05, 0.1) is 23.1 Å². The molecule has 2 heterocycles. The van der Waals surface area contributed by atoms with Crippen molar-refractivity contribution in [1.29, 1.82) is 0 Å². The van der Waals surface area contributed by atoms with Crippen LogP contribution in [0, 0.1) is 0 Å². The van der Waals surface area contributed by atoms with Crippen molar-refractivity contribution in [1.82, 2.24) is 20.5 Å². The first-order valence-electron chi connectivity index (χ1n) is 9.74. The highest BCUT2D eigenvalue weighted by Crippen LogP contribution is 2.32. The van der Waals surface area contributed by atoms with E-state index >= 15 is 0 Å². The third-order valence-corrected chi connectivity index (χ3v) is 4.37. The van der Waals surface area contributed by atoms with Gasteiger partial charge in [-0.15, -0.1) is 0 Å². The van der Waals surface area contributed by atoms with Crippen LogP contribution in [0.2, 0.25) is 0 Å². The average molecular weight is 492 g/mol. The molecule has 0 atom stereocenters. The van der Waals surface area contributed by atoms with Gasteiger partial charge < -0.3 is 14.8 Å². The van der Waals surface area contributed by atoms with Crippen molar-refractivity contribution in [2.75, 3.05) is 0 Å². The number of carboxylic acids is 1. The van der Waals surface area contributed by atoms with Crippen LogP contribution < -0.4 is 5.32 Å². The predicted octanol–water partition coefficient (Wildman–Crippen LogP) is 5.30. The summed E-state index contributed by atoms with van der Waals surface area (Å²) in [5.74, 6) is -1.95. The van der Waals surface area contributed by atoms with E-state index in [9.17, 15) is 26.3 Å². The number of aromatic nitrogens is 3. The molecule has 1 aromatic carbocycles. The third-order valence-electron chi connectivity index (χ3n) is 4.37. The van der Waals surface area contributed by atoms with Gasteiger partial charge in [-0.3, -0.25) is 5.10 Å². The molecule has 34 heavy (non-hydrogen) atoms. The standard InChI is InChI=1S/C19H21F3N4O.C2HF3O2/c1-18(2,3)17-15(24-11-27-17)10-23-8-13-9-25-26-16(13)12-5-4-6-14(7-12)19(20,21)22;3-2(4,5)1(6)7/h4-7,9,11,23H,8,10H2,1-3H3,(H,25,26);(H,6,7). The molecule has 3 rings (SSSR count).